The van der Waals surface area contributed by atoms with Crippen molar-refractivity contribution in [1.29, 1.82) is 0 Å². The molecular weight excluding hydrogens is 358 g/mol. The molecule has 0 aliphatic carbocycles. The van der Waals surface area contributed by atoms with Gasteiger partial charge in [0.1, 0.15) is 17.0 Å². The van der Waals surface area contributed by atoms with Crippen LogP contribution in [0.1, 0.15) is 23.8 Å². The number of ether oxygens (including phenoxy) is 2. The maximum Gasteiger partial charge on any atom is 0.321 e. The third kappa shape index (κ3) is 3.60. The molecular formula is C21H23N3O4. The highest BCUT2D eigenvalue weighted by Crippen LogP contribution is 2.33. The Morgan fingerprint density at radius 1 is 1.18 bits per heavy atom. The second kappa shape index (κ2) is 7.42. The van der Waals surface area contributed by atoms with E-state index in [0.29, 0.717) is 30.3 Å². The molecule has 1 aliphatic heterocycles. The summed E-state index contributed by atoms with van der Waals surface area (Å²) in [5.74, 6) is 2.37. The van der Waals surface area contributed by atoms with Gasteiger partial charge in [-0.15, -0.1) is 0 Å². The summed E-state index contributed by atoms with van der Waals surface area (Å²) in [5.41, 5.74) is 3.26. The highest BCUT2D eigenvalue weighted by atomic mass is 16.5. The van der Waals surface area contributed by atoms with E-state index < -0.39 is 0 Å². The predicted octanol–water partition coefficient (Wildman–Crippen LogP) is 4.17. The number of nitrogens with zero attached hydrogens (tertiary/aromatic N) is 2. The van der Waals surface area contributed by atoms with Gasteiger partial charge in [0.05, 0.1) is 14.2 Å². The van der Waals surface area contributed by atoms with Crippen molar-refractivity contribution in [2.45, 2.75) is 19.3 Å². The number of aryl methyl sites for hydroxylation is 1. The second-order valence-corrected chi connectivity index (χ2v) is 6.92. The lowest BCUT2D eigenvalue weighted by Crippen LogP contribution is -2.32. The molecule has 0 saturated carbocycles. The molecule has 3 aromatic rings. The number of anilines is 1. The minimum absolute atomic E-state index is 0.118. The van der Waals surface area contributed by atoms with Crippen LogP contribution in [0.5, 0.6) is 11.5 Å². The van der Waals surface area contributed by atoms with Gasteiger partial charge in [-0.1, -0.05) is 0 Å². The lowest BCUT2D eigenvalue weighted by Gasteiger charge is -2.18. The maximum absolute atomic E-state index is 12.7. The van der Waals surface area contributed by atoms with E-state index in [-0.39, 0.29) is 11.9 Å². The minimum atomic E-state index is -0.118. The third-order valence-electron chi connectivity index (χ3n) is 5.07. The summed E-state index contributed by atoms with van der Waals surface area (Å²) < 4.78 is 16.3. The Balaban J connectivity index is 1.45. The number of carbonyl (C=O) groups is 1. The number of likely N-dealkylation sites (tertiary alicyclic amines) is 1. The van der Waals surface area contributed by atoms with Crippen LogP contribution in [0.25, 0.3) is 11.1 Å². The van der Waals surface area contributed by atoms with Gasteiger partial charge < -0.3 is 24.1 Å². The van der Waals surface area contributed by atoms with Crippen LogP contribution in [0.15, 0.2) is 40.8 Å². The first-order valence-electron chi connectivity index (χ1n) is 9.22. The molecule has 1 unspecified atom stereocenters. The van der Waals surface area contributed by atoms with Gasteiger partial charge in [0.2, 0.25) is 0 Å². The van der Waals surface area contributed by atoms with Crippen LogP contribution in [0.3, 0.4) is 0 Å². The fraction of sp³-hybridized carbons (Fsp3) is 0.333. The van der Waals surface area contributed by atoms with E-state index in [1.165, 1.54) is 0 Å². The quantitative estimate of drug-likeness (QED) is 0.734. The standard InChI is InChI=1S/C21H23N3O4/c1-13-22-19-5-4-16(10-20(19)28-13)23-21(25)24-7-6-14(12-24)15-8-17(26-2)11-18(9-15)27-3/h4-5,8-11,14H,6-7,12H2,1-3H3,(H,23,25). The Morgan fingerprint density at radius 2 is 1.93 bits per heavy atom. The highest BCUT2D eigenvalue weighted by molar-refractivity contribution is 5.91. The zero-order chi connectivity index (χ0) is 19.7. The molecule has 0 bridgehead atoms. The predicted molar refractivity (Wildman–Crippen MR) is 106 cm³/mol. The van der Waals surface area contributed by atoms with Gasteiger partial charge in [-0.2, -0.15) is 0 Å². The average Bonchev–Trinajstić information content (AvgIpc) is 3.33. The molecule has 1 saturated heterocycles. The molecule has 1 atom stereocenters. The van der Waals surface area contributed by atoms with E-state index in [1.807, 2.05) is 35.2 Å². The van der Waals surface area contributed by atoms with Crippen molar-refractivity contribution in [3.63, 3.8) is 0 Å². The van der Waals surface area contributed by atoms with Crippen molar-refractivity contribution >= 4 is 22.8 Å². The van der Waals surface area contributed by atoms with Crippen LogP contribution in [-0.4, -0.2) is 43.2 Å². The summed E-state index contributed by atoms with van der Waals surface area (Å²) in [6, 6.07) is 11.2. The Labute approximate surface area is 163 Å². The molecule has 1 aromatic heterocycles. The number of benzene rings is 2. The third-order valence-corrected chi connectivity index (χ3v) is 5.07. The number of amides is 2. The number of oxazole rings is 1. The molecule has 28 heavy (non-hydrogen) atoms. The Morgan fingerprint density at radius 3 is 2.64 bits per heavy atom. The van der Waals surface area contributed by atoms with Crippen molar-refractivity contribution in [1.82, 2.24) is 9.88 Å². The van der Waals surface area contributed by atoms with Gasteiger partial charge in [-0.05, 0) is 36.2 Å². The van der Waals surface area contributed by atoms with E-state index in [4.69, 9.17) is 13.9 Å². The number of nitrogens with one attached hydrogen (secondary N) is 1. The molecule has 2 heterocycles. The van der Waals surface area contributed by atoms with Crippen molar-refractivity contribution in [3.8, 4) is 11.5 Å². The van der Waals surface area contributed by atoms with E-state index in [0.717, 1.165) is 29.0 Å². The fourth-order valence-corrected chi connectivity index (χ4v) is 3.60. The second-order valence-electron chi connectivity index (χ2n) is 6.92. The molecule has 0 radical (unpaired) electrons. The van der Waals surface area contributed by atoms with Crippen LogP contribution >= 0.6 is 0 Å². The zero-order valence-electron chi connectivity index (χ0n) is 16.2. The largest absolute Gasteiger partial charge is 0.497 e. The first-order chi connectivity index (χ1) is 13.6. The number of urea groups is 1. The molecule has 7 nitrogen and oxygen atoms in total. The van der Waals surface area contributed by atoms with Crippen LogP contribution in [-0.2, 0) is 0 Å². The Bertz CT molecular complexity index is 992. The summed E-state index contributed by atoms with van der Waals surface area (Å²) in [7, 11) is 3.28. The first-order valence-corrected chi connectivity index (χ1v) is 9.22. The molecule has 146 valence electrons. The number of fused-ring (bicyclic) bond motifs is 1. The first kappa shape index (κ1) is 18.2. The van der Waals surface area contributed by atoms with Gasteiger partial charge >= 0.3 is 6.03 Å². The normalized spacial score (nSPS) is 16.4. The maximum atomic E-state index is 12.7. The summed E-state index contributed by atoms with van der Waals surface area (Å²) in [4.78, 5) is 18.8. The van der Waals surface area contributed by atoms with Crippen LogP contribution in [0, 0.1) is 6.92 Å². The Kier molecular flexibility index (Phi) is 4.81. The molecule has 1 fully saturated rings. The lowest BCUT2D eigenvalue weighted by atomic mass is 9.98. The van der Waals surface area contributed by atoms with Crippen LogP contribution in [0.2, 0.25) is 0 Å². The highest BCUT2D eigenvalue weighted by Gasteiger charge is 2.28. The van der Waals surface area contributed by atoms with Crippen LogP contribution < -0.4 is 14.8 Å². The number of carbonyl (C=O) groups excluding carboxylic acids is 1. The Hall–Kier alpha value is -3.22. The monoisotopic (exact) mass is 381 g/mol. The van der Waals surface area contributed by atoms with Gasteiger partial charge in [-0.25, -0.2) is 9.78 Å². The molecule has 4 rings (SSSR count). The van der Waals surface area contributed by atoms with Crippen LogP contribution in [0.4, 0.5) is 10.5 Å². The van der Waals surface area contributed by atoms with E-state index in [9.17, 15) is 4.79 Å². The minimum Gasteiger partial charge on any atom is -0.497 e. The summed E-state index contributed by atoms with van der Waals surface area (Å²) in [6.07, 6.45) is 0.893. The van der Waals surface area contributed by atoms with Crippen molar-refractivity contribution in [2.75, 3.05) is 32.6 Å². The van der Waals surface area contributed by atoms with E-state index in [1.54, 1.807) is 27.2 Å². The molecule has 7 heteroatoms. The zero-order valence-corrected chi connectivity index (χ0v) is 16.2. The van der Waals surface area contributed by atoms with Gasteiger partial charge in [0.25, 0.3) is 0 Å². The lowest BCUT2D eigenvalue weighted by molar-refractivity contribution is 0.222. The van der Waals surface area contributed by atoms with Crippen molar-refractivity contribution in [3.05, 3.63) is 47.9 Å². The summed E-state index contributed by atoms with van der Waals surface area (Å²) in [6.45, 7) is 3.14. The van der Waals surface area contributed by atoms with Gasteiger partial charge in [0.15, 0.2) is 11.5 Å². The number of methoxy groups -OCH3 is 2. The smallest absolute Gasteiger partial charge is 0.321 e. The summed E-state index contributed by atoms with van der Waals surface area (Å²) in [5, 5.41) is 2.95. The number of aromatic nitrogens is 1. The van der Waals surface area contributed by atoms with Crippen molar-refractivity contribution < 1.29 is 18.7 Å². The molecule has 2 aromatic carbocycles. The average molecular weight is 381 g/mol. The summed E-state index contributed by atoms with van der Waals surface area (Å²) >= 11 is 0. The van der Waals surface area contributed by atoms with Crippen molar-refractivity contribution in [2.24, 2.45) is 0 Å². The molecule has 2 amide bonds. The van der Waals surface area contributed by atoms with E-state index >= 15 is 0 Å². The number of hydrogen-bond acceptors (Lipinski definition) is 5. The SMILES string of the molecule is COc1cc(OC)cc(C2CCN(C(=O)Nc3ccc4nc(C)oc4c3)C2)c1. The number of rotatable bonds is 4. The van der Waals surface area contributed by atoms with Gasteiger partial charge in [0, 0.05) is 43.8 Å². The van der Waals surface area contributed by atoms with E-state index in [2.05, 4.69) is 10.3 Å². The van der Waals surface area contributed by atoms with Gasteiger partial charge in [-0.3, -0.25) is 0 Å². The molecule has 1 aliphatic rings. The fourth-order valence-electron chi connectivity index (χ4n) is 3.60. The topological polar surface area (TPSA) is 76.8 Å². The molecule has 0 spiro atoms. The number of hydrogen-bond donors (Lipinski definition) is 1. The molecule has 1 N–H and O–H groups in total.